The number of carbonyl (C=O) groups excluding carboxylic acids is 2. The first-order valence-corrected chi connectivity index (χ1v) is 15.5. The maximum atomic E-state index is 14.3. The van der Waals surface area contributed by atoms with E-state index in [1.807, 2.05) is 36.4 Å². The third kappa shape index (κ3) is 4.25. The average Bonchev–Trinajstić information content (AvgIpc) is 3.00. The van der Waals surface area contributed by atoms with E-state index in [-0.39, 0.29) is 17.5 Å². The van der Waals surface area contributed by atoms with Gasteiger partial charge >= 0.3 is 0 Å². The number of rotatable bonds is 10. The second-order valence-electron chi connectivity index (χ2n) is 11.8. The molecule has 0 N–H and O–H groups in total. The minimum atomic E-state index is -0.287. The van der Waals surface area contributed by atoms with E-state index in [2.05, 4.69) is 43.3 Å². The van der Waals surface area contributed by atoms with Gasteiger partial charge in [-0.15, -0.1) is 0 Å². The molecule has 0 atom stereocenters. The molecule has 0 saturated carbocycles. The summed E-state index contributed by atoms with van der Waals surface area (Å²) in [7, 11) is 0. The van der Waals surface area contributed by atoms with E-state index in [4.69, 9.17) is 4.74 Å². The molecule has 3 nitrogen and oxygen atoms in total. The molecule has 0 bridgehead atoms. The van der Waals surface area contributed by atoms with Crippen LogP contribution in [0.1, 0.15) is 103 Å². The minimum absolute atomic E-state index is 0.00152. The van der Waals surface area contributed by atoms with Crippen molar-refractivity contribution in [2.75, 3.05) is 0 Å². The summed E-state index contributed by atoms with van der Waals surface area (Å²) in [5, 5.41) is 3.97. The lowest BCUT2D eigenvalue weighted by molar-refractivity contribution is 0.0999. The quantitative estimate of drug-likeness (QED) is 0.188. The molecule has 206 valence electrons. The smallest absolute Gasteiger partial charge is 0.194 e. The number of ketones is 2. The van der Waals surface area contributed by atoms with Gasteiger partial charge < -0.3 is 4.74 Å². The largest absolute Gasteiger partial charge is 0.455 e. The lowest BCUT2D eigenvalue weighted by atomic mass is 9.71. The van der Waals surface area contributed by atoms with Gasteiger partial charge in [0, 0.05) is 38.9 Å². The number of Topliss-reactive ketones (excluding diaryl/α,β-unsaturated/α-hetero) is 2. The average molecular weight is 541 g/mol. The number of benzene rings is 4. The standard InChI is InChI=1S/C38H36O3/c1-2-3-4-5-6-7-8-9-10-19-26-33-35(39)27-20-11-15-24-17-13-22-29(31(24)27)37(33)41-38-30-23-14-18-25-16-12-21-28(32(25)30)36(40)34(26)38/h11-18,20-23,26H,2-10,19H2,1H3. The Hall–Kier alpha value is -3.98. The molecule has 0 amide bonds. The van der Waals surface area contributed by atoms with Crippen LogP contribution in [0.4, 0.5) is 0 Å². The highest BCUT2D eigenvalue weighted by molar-refractivity contribution is 6.30. The van der Waals surface area contributed by atoms with E-state index in [1.54, 1.807) is 0 Å². The first-order chi connectivity index (χ1) is 20.2. The van der Waals surface area contributed by atoms with E-state index in [1.165, 1.54) is 44.9 Å². The predicted molar refractivity (Wildman–Crippen MR) is 167 cm³/mol. The predicted octanol–water partition coefficient (Wildman–Crippen LogP) is 10.1. The number of unbranched alkanes of at least 4 members (excludes halogenated alkanes) is 8. The molecule has 2 aliphatic carbocycles. The van der Waals surface area contributed by atoms with Crippen LogP contribution in [0.2, 0.25) is 0 Å². The third-order valence-electron chi connectivity index (χ3n) is 9.26. The van der Waals surface area contributed by atoms with Crippen molar-refractivity contribution in [1.29, 1.82) is 0 Å². The van der Waals surface area contributed by atoms with Crippen LogP contribution >= 0.6 is 0 Å². The van der Waals surface area contributed by atoms with Gasteiger partial charge in [-0.05, 0) is 17.2 Å². The van der Waals surface area contributed by atoms with Gasteiger partial charge in [0.1, 0.15) is 11.5 Å². The van der Waals surface area contributed by atoms with Crippen molar-refractivity contribution in [3.8, 4) is 0 Å². The molecule has 0 spiro atoms. The highest BCUT2D eigenvalue weighted by Gasteiger charge is 2.44. The van der Waals surface area contributed by atoms with E-state index in [0.29, 0.717) is 33.8 Å². The zero-order chi connectivity index (χ0) is 27.9. The second-order valence-corrected chi connectivity index (χ2v) is 11.8. The van der Waals surface area contributed by atoms with Crippen LogP contribution < -0.4 is 0 Å². The number of fused-ring (bicyclic) bond motifs is 2. The van der Waals surface area contributed by atoms with Gasteiger partial charge in [-0.25, -0.2) is 0 Å². The number of allylic oxidation sites excluding steroid dienone is 2. The molecular weight excluding hydrogens is 504 g/mol. The topological polar surface area (TPSA) is 43.4 Å². The number of carbonyl (C=O) groups is 2. The molecule has 4 aromatic carbocycles. The molecule has 0 radical (unpaired) electrons. The van der Waals surface area contributed by atoms with Crippen LogP contribution in [0.25, 0.3) is 33.1 Å². The van der Waals surface area contributed by atoms with Crippen LogP contribution in [0.5, 0.6) is 0 Å². The monoisotopic (exact) mass is 540 g/mol. The summed E-state index contributed by atoms with van der Waals surface area (Å²) in [4.78, 5) is 28.5. The van der Waals surface area contributed by atoms with Gasteiger partial charge in [0.25, 0.3) is 0 Å². The van der Waals surface area contributed by atoms with Gasteiger partial charge in [-0.2, -0.15) is 0 Å². The molecule has 4 aromatic rings. The first kappa shape index (κ1) is 26.0. The molecule has 3 heteroatoms. The molecule has 7 rings (SSSR count). The van der Waals surface area contributed by atoms with Crippen LogP contribution in [-0.4, -0.2) is 11.6 Å². The molecule has 0 fully saturated rings. The van der Waals surface area contributed by atoms with Crippen LogP contribution in [0, 0.1) is 5.92 Å². The molecule has 0 saturated heterocycles. The fourth-order valence-electron chi connectivity index (χ4n) is 7.27. The van der Waals surface area contributed by atoms with Gasteiger partial charge in [-0.3, -0.25) is 9.59 Å². The maximum Gasteiger partial charge on any atom is 0.194 e. The summed E-state index contributed by atoms with van der Waals surface area (Å²) in [6.45, 7) is 2.25. The number of hydrogen-bond donors (Lipinski definition) is 0. The van der Waals surface area contributed by atoms with Gasteiger partial charge in [0.2, 0.25) is 0 Å². The van der Waals surface area contributed by atoms with Crippen molar-refractivity contribution in [3.63, 3.8) is 0 Å². The lowest BCUT2D eigenvalue weighted by Gasteiger charge is -2.37. The fourth-order valence-corrected chi connectivity index (χ4v) is 7.27. The summed E-state index contributed by atoms with van der Waals surface area (Å²) in [6.07, 6.45) is 11.8. The maximum absolute atomic E-state index is 14.3. The van der Waals surface area contributed by atoms with Gasteiger partial charge in [-0.1, -0.05) is 138 Å². The second kappa shape index (κ2) is 10.8. The van der Waals surface area contributed by atoms with E-state index in [0.717, 1.165) is 51.9 Å². The SMILES string of the molecule is CCCCCCCCCCCC1C2=C(OC3=C1C(=O)c1cccc4cccc3c14)c1cccc3cccc(c13)C2=O. The molecular formula is C38H36O3. The third-order valence-corrected chi connectivity index (χ3v) is 9.26. The fraction of sp³-hybridized carbons (Fsp3) is 0.316. The van der Waals surface area contributed by atoms with Crippen molar-refractivity contribution in [1.82, 2.24) is 0 Å². The zero-order valence-electron chi connectivity index (χ0n) is 23.8. The molecule has 0 aromatic heterocycles. The number of hydrogen-bond acceptors (Lipinski definition) is 3. The van der Waals surface area contributed by atoms with Crippen molar-refractivity contribution in [2.24, 2.45) is 5.92 Å². The highest BCUT2D eigenvalue weighted by Crippen LogP contribution is 2.52. The molecule has 1 heterocycles. The Morgan fingerprint density at radius 1 is 0.537 bits per heavy atom. The van der Waals surface area contributed by atoms with Gasteiger partial charge in [0.05, 0.1) is 11.1 Å². The molecule has 3 aliphatic rings. The zero-order valence-corrected chi connectivity index (χ0v) is 23.8. The van der Waals surface area contributed by atoms with E-state index >= 15 is 0 Å². The molecule has 41 heavy (non-hydrogen) atoms. The Bertz CT molecular complexity index is 1640. The van der Waals surface area contributed by atoms with Crippen molar-refractivity contribution < 1.29 is 14.3 Å². The summed E-state index contributed by atoms with van der Waals surface area (Å²) >= 11 is 0. The van der Waals surface area contributed by atoms with Gasteiger partial charge in [0.15, 0.2) is 11.6 Å². The van der Waals surface area contributed by atoms with Crippen molar-refractivity contribution >= 4 is 44.6 Å². The molecule has 0 unspecified atom stereocenters. The lowest BCUT2D eigenvalue weighted by Crippen LogP contribution is -2.31. The van der Waals surface area contributed by atoms with E-state index in [9.17, 15) is 9.59 Å². The molecule has 1 aliphatic heterocycles. The van der Waals surface area contributed by atoms with Crippen molar-refractivity contribution in [3.05, 3.63) is 106 Å². The Balaban J connectivity index is 1.28. The normalized spacial score (nSPS) is 15.9. The Labute approximate surface area is 241 Å². The Morgan fingerprint density at radius 3 is 1.41 bits per heavy atom. The summed E-state index contributed by atoms with van der Waals surface area (Å²) < 4.78 is 6.77. The van der Waals surface area contributed by atoms with Crippen molar-refractivity contribution in [2.45, 2.75) is 71.1 Å². The summed E-state index contributed by atoms with van der Waals surface area (Å²) in [5.74, 6) is 1.00. The highest BCUT2D eigenvalue weighted by atomic mass is 16.5. The number of ether oxygens (including phenoxy) is 1. The van der Waals surface area contributed by atoms with Crippen LogP contribution in [0.15, 0.2) is 83.9 Å². The Morgan fingerprint density at radius 2 is 0.951 bits per heavy atom. The Kier molecular flexibility index (Phi) is 6.82. The van der Waals surface area contributed by atoms with Crippen LogP contribution in [-0.2, 0) is 4.74 Å². The summed E-state index contributed by atoms with van der Waals surface area (Å²) in [6, 6.07) is 24.2. The minimum Gasteiger partial charge on any atom is -0.455 e. The van der Waals surface area contributed by atoms with E-state index < -0.39 is 0 Å². The summed E-state index contributed by atoms with van der Waals surface area (Å²) in [5.41, 5.74) is 4.66. The van der Waals surface area contributed by atoms with Crippen LogP contribution in [0.3, 0.4) is 0 Å². The first-order valence-electron chi connectivity index (χ1n) is 15.5.